The van der Waals surface area contributed by atoms with Gasteiger partial charge >= 0.3 is 5.97 Å². The molecule has 1 saturated heterocycles. The van der Waals surface area contributed by atoms with E-state index in [0.29, 0.717) is 6.42 Å². The normalized spacial score (nSPS) is 29.0. The summed E-state index contributed by atoms with van der Waals surface area (Å²) in [5.41, 5.74) is -0.743. The maximum atomic E-state index is 11.7. The molecule has 116 valence electrons. The maximum Gasteiger partial charge on any atom is 0.323 e. The van der Waals surface area contributed by atoms with Crippen LogP contribution in [-0.2, 0) is 4.79 Å². The lowest BCUT2D eigenvalue weighted by Crippen LogP contribution is -2.54. The van der Waals surface area contributed by atoms with Crippen molar-refractivity contribution in [1.82, 2.24) is 10.2 Å². The number of piperidine rings is 1. The minimum Gasteiger partial charge on any atom is -0.480 e. The number of nitrogens with one attached hydrogen (secondary N) is 1. The number of nitrogens with zero attached hydrogens (tertiary/aromatic N) is 1. The Balaban J connectivity index is 1.84. The first-order chi connectivity index (χ1) is 9.47. The number of carboxylic acid groups (broad SMARTS) is 1. The molecule has 0 spiro atoms. The first-order valence-corrected chi connectivity index (χ1v) is 8.22. The number of fused-ring (bicyclic) bond motifs is 2. The first kappa shape index (κ1) is 15.8. The molecule has 3 atom stereocenters. The number of hydrogen-bond acceptors (Lipinski definition) is 3. The van der Waals surface area contributed by atoms with Gasteiger partial charge in [-0.1, -0.05) is 6.92 Å². The molecule has 0 aromatic heterocycles. The fourth-order valence-electron chi connectivity index (χ4n) is 4.11. The van der Waals surface area contributed by atoms with Gasteiger partial charge in [-0.3, -0.25) is 10.1 Å². The van der Waals surface area contributed by atoms with E-state index in [1.807, 2.05) is 20.8 Å². The summed E-state index contributed by atoms with van der Waals surface area (Å²) in [4.78, 5) is 14.3. The number of rotatable bonds is 8. The molecule has 4 heteroatoms. The molecule has 2 aliphatic rings. The molecule has 0 aromatic rings. The van der Waals surface area contributed by atoms with E-state index in [4.69, 9.17) is 0 Å². The van der Waals surface area contributed by atoms with Gasteiger partial charge in [0.25, 0.3) is 0 Å². The zero-order chi connectivity index (χ0) is 14.8. The fraction of sp³-hybridized carbons (Fsp3) is 0.938. The zero-order valence-corrected chi connectivity index (χ0v) is 13.2. The van der Waals surface area contributed by atoms with Crippen LogP contribution in [0.3, 0.4) is 0 Å². The predicted molar refractivity (Wildman–Crippen MR) is 80.9 cm³/mol. The molecular weight excluding hydrogens is 252 g/mol. The van der Waals surface area contributed by atoms with Gasteiger partial charge in [0.05, 0.1) is 0 Å². The van der Waals surface area contributed by atoms with E-state index in [2.05, 4.69) is 10.2 Å². The highest BCUT2D eigenvalue weighted by Gasteiger charge is 2.39. The highest BCUT2D eigenvalue weighted by Crippen LogP contribution is 2.37. The van der Waals surface area contributed by atoms with E-state index in [1.54, 1.807) is 0 Å². The van der Waals surface area contributed by atoms with Crippen molar-refractivity contribution in [1.29, 1.82) is 0 Å². The predicted octanol–water partition coefficient (Wildman–Crippen LogP) is 2.48. The van der Waals surface area contributed by atoms with E-state index >= 15 is 0 Å². The van der Waals surface area contributed by atoms with E-state index in [1.165, 1.54) is 25.8 Å². The summed E-state index contributed by atoms with van der Waals surface area (Å²) in [7, 11) is 0. The molecule has 1 heterocycles. The Labute approximate surface area is 122 Å². The monoisotopic (exact) mass is 282 g/mol. The average Bonchev–Trinajstić information content (AvgIpc) is 2.99. The van der Waals surface area contributed by atoms with E-state index in [9.17, 15) is 9.90 Å². The van der Waals surface area contributed by atoms with Gasteiger partial charge in [0.2, 0.25) is 0 Å². The minimum atomic E-state index is -0.743. The summed E-state index contributed by atoms with van der Waals surface area (Å²) < 4.78 is 0. The molecule has 3 unspecified atom stereocenters. The van der Waals surface area contributed by atoms with Crippen molar-refractivity contribution in [3.63, 3.8) is 0 Å². The van der Waals surface area contributed by atoms with Crippen molar-refractivity contribution < 1.29 is 9.90 Å². The van der Waals surface area contributed by atoms with Crippen LogP contribution in [0.1, 0.15) is 59.3 Å². The Morgan fingerprint density at radius 3 is 2.65 bits per heavy atom. The summed E-state index contributed by atoms with van der Waals surface area (Å²) in [5, 5.41) is 12.9. The second-order valence-corrected chi connectivity index (χ2v) is 6.97. The van der Waals surface area contributed by atoms with Crippen molar-refractivity contribution in [3.8, 4) is 0 Å². The molecule has 2 bridgehead atoms. The average molecular weight is 282 g/mol. The zero-order valence-electron chi connectivity index (χ0n) is 13.2. The van der Waals surface area contributed by atoms with Gasteiger partial charge in [0.1, 0.15) is 5.54 Å². The van der Waals surface area contributed by atoms with Crippen LogP contribution in [0, 0.1) is 5.92 Å². The number of carbonyl (C=O) groups is 1. The molecule has 0 amide bonds. The Bertz CT molecular complexity index is 345. The molecule has 0 aromatic carbocycles. The van der Waals surface area contributed by atoms with Crippen LogP contribution in [0.15, 0.2) is 0 Å². The van der Waals surface area contributed by atoms with Gasteiger partial charge in [0, 0.05) is 18.6 Å². The third kappa shape index (κ3) is 3.34. The number of aliphatic carboxylic acids is 1. The van der Waals surface area contributed by atoms with Gasteiger partial charge in [-0.2, -0.15) is 0 Å². The van der Waals surface area contributed by atoms with Crippen molar-refractivity contribution >= 4 is 5.97 Å². The SMILES string of the molecule is CCC(CCCN1CC2CCC1C2)(NC(C)C)C(=O)O. The number of carboxylic acids is 1. The van der Waals surface area contributed by atoms with Crippen molar-refractivity contribution in [2.45, 2.75) is 76.9 Å². The van der Waals surface area contributed by atoms with E-state index in [0.717, 1.165) is 31.3 Å². The highest BCUT2D eigenvalue weighted by atomic mass is 16.4. The summed E-state index contributed by atoms with van der Waals surface area (Å²) in [6.45, 7) is 8.32. The lowest BCUT2D eigenvalue weighted by atomic mass is 9.89. The maximum absolute atomic E-state index is 11.7. The Hall–Kier alpha value is -0.610. The van der Waals surface area contributed by atoms with Crippen LogP contribution < -0.4 is 5.32 Å². The molecule has 0 radical (unpaired) electrons. The van der Waals surface area contributed by atoms with Crippen LogP contribution >= 0.6 is 0 Å². The Morgan fingerprint density at radius 2 is 2.20 bits per heavy atom. The van der Waals surface area contributed by atoms with Crippen LogP contribution in [0.25, 0.3) is 0 Å². The first-order valence-electron chi connectivity index (χ1n) is 8.22. The number of likely N-dealkylation sites (tertiary alicyclic amines) is 1. The van der Waals surface area contributed by atoms with Crippen LogP contribution in [-0.4, -0.2) is 46.7 Å². The van der Waals surface area contributed by atoms with E-state index < -0.39 is 11.5 Å². The van der Waals surface area contributed by atoms with Gasteiger partial charge in [-0.05, 0) is 64.8 Å². The second-order valence-electron chi connectivity index (χ2n) is 6.97. The minimum absolute atomic E-state index is 0.203. The summed E-state index contributed by atoms with van der Waals surface area (Å²) >= 11 is 0. The highest BCUT2D eigenvalue weighted by molar-refractivity contribution is 5.78. The third-order valence-electron chi connectivity index (χ3n) is 5.15. The van der Waals surface area contributed by atoms with Crippen LogP contribution in [0.5, 0.6) is 0 Å². The van der Waals surface area contributed by atoms with Gasteiger partial charge in [-0.15, -0.1) is 0 Å². The Morgan fingerprint density at radius 1 is 1.45 bits per heavy atom. The van der Waals surface area contributed by atoms with Crippen LogP contribution in [0.2, 0.25) is 0 Å². The third-order valence-corrected chi connectivity index (χ3v) is 5.15. The van der Waals surface area contributed by atoms with Gasteiger partial charge in [-0.25, -0.2) is 0 Å². The quantitative estimate of drug-likeness (QED) is 0.718. The lowest BCUT2D eigenvalue weighted by Gasteiger charge is -2.33. The van der Waals surface area contributed by atoms with Gasteiger partial charge < -0.3 is 10.0 Å². The molecule has 2 fully saturated rings. The topological polar surface area (TPSA) is 52.6 Å². The molecular formula is C16H30N2O2. The molecule has 4 nitrogen and oxygen atoms in total. The summed E-state index contributed by atoms with van der Waals surface area (Å²) in [6.07, 6.45) is 6.49. The van der Waals surface area contributed by atoms with Crippen molar-refractivity contribution in [3.05, 3.63) is 0 Å². The van der Waals surface area contributed by atoms with E-state index in [-0.39, 0.29) is 6.04 Å². The molecule has 1 saturated carbocycles. The summed E-state index contributed by atoms with van der Waals surface area (Å²) in [5.74, 6) is 0.223. The molecule has 2 N–H and O–H groups in total. The van der Waals surface area contributed by atoms with Crippen molar-refractivity contribution in [2.24, 2.45) is 5.92 Å². The molecule has 20 heavy (non-hydrogen) atoms. The standard InChI is InChI=1S/C16H30N2O2/c1-4-16(15(19)20,17-12(2)3)8-5-9-18-11-13-6-7-14(18)10-13/h12-14,17H,4-11H2,1-3H3,(H,19,20). The fourth-order valence-corrected chi connectivity index (χ4v) is 4.11. The lowest BCUT2D eigenvalue weighted by molar-refractivity contribution is -0.145. The molecule has 1 aliphatic heterocycles. The number of hydrogen-bond donors (Lipinski definition) is 2. The smallest absolute Gasteiger partial charge is 0.323 e. The molecule has 1 aliphatic carbocycles. The van der Waals surface area contributed by atoms with Crippen LogP contribution in [0.4, 0.5) is 0 Å². The molecule has 2 rings (SSSR count). The van der Waals surface area contributed by atoms with Gasteiger partial charge in [0.15, 0.2) is 0 Å². The largest absolute Gasteiger partial charge is 0.480 e. The second kappa shape index (κ2) is 6.44. The van der Waals surface area contributed by atoms with Crippen molar-refractivity contribution in [2.75, 3.05) is 13.1 Å². The summed E-state index contributed by atoms with van der Waals surface area (Å²) in [6, 6.07) is 0.993. The Kier molecular flexibility index (Phi) is 5.08.